The molecule has 0 spiro atoms. The summed E-state index contributed by atoms with van der Waals surface area (Å²) in [6, 6.07) is 6.33. The maximum absolute atomic E-state index is 5.70. The van der Waals surface area contributed by atoms with Crippen LogP contribution in [0.3, 0.4) is 0 Å². The minimum Gasteiger partial charge on any atom is -0.493 e. The Hall–Kier alpha value is -1.39. The summed E-state index contributed by atoms with van der Waals surface area (Å²) in [4.78, 5) is 4.56. The van der Waals surface area contributed by atoms with Gasteiger partial charge in [-0.15, -0.1) is 11.3 Å². The topological polar surface area (TPSA) is 48.1 Å². The number of benzene rings is 1. The van der Waals surface area contributed by atoms with Gasteiger partial charge in [0.05, 0.1) is 12.3 Å². The predicted molar refractivity (Wildman–Crippen MR) is 80.7 cm³/mol. The average Bonchev–Trinajstić information content (AvgIpc) is 2.88. The molecule has 2 aromatic rings. The first kappa shape index (κ1) is 14.0. The molecular formula is C15H20N2OS. The molecule has 0 fully saturated rings. The van der Waals surface area contributed by atoms with Crippen LogP contribution in [-0.2, 0) is 6.54 Å². The Morgan fingerprint density at radius 1 is 1.37 bits per heavy atom. The van der Waals surface area contributed by atoms with E-state index in [9.17, 15) is 0 Å². The van der Waals surface area contributed by atoms with E-state index in [0.29, 0.717) is 19.1 Å². The number of thiazole rings is 1. The van der Waals surface area contributed by atoms with Gasteiger partial charge in [0.1, 0.15) is 10.8 Å². The van der Waals surface area contributed by atoms with Gasteiger partial charge in [0.15, 0.2) is 0 Å². The molecule has 102 valence electrons. The van der Waals surface area contributed by atoms with Gasteiger partial charge in [-0.2, -0.15) is 0 Å². The first-order chi connectivity index (χ1) is 9.15. The predicted octanol–water partition coefficient (Wildman–Crippen LogP) is 3.79. The molecule has 4 heteroatoms. The van der Waals surface area contributed by atoms with Crippen LogP contribution in [0.4, 0.5) is 0 Å². The molecule has 19 heavy (non-hydrogen) atoms. The summed E-state index contributed by atoms with van der Waals surface area (Å²) in [5.74, 6) is 1.38. The van der Waals surface area contributed by atoms with E-state index in [1.54, 1.807) is 11.3 Å². The Morgan fingerprint density at radius 3 is 2.74 bits per heavy atom. The van der Waals surface area contributed by atoms with E-state index < -0.39 is 0 Å². The molecule has 0 saturated heterocycles. The van der Waals surface area contributed by atoms with Crippen molar-refractivity contribution in [3.8, 4) is 17.0 Å². The number of hydrogen-bond donors (Lipinski definition) is 1. The molecule has 2 N–H and O–H groups in total. The molecule has 3 nitrogen and oxygen atoms in total. The van der Waals surface area contributed by atoms with Crippen molar-refractivity contribution in [3.63, 3.8) is 0 Å². The summed E-state index contributed by atoms with van der Waals surface area (Å²) in [7, 11) is 0. The molecule has 0 aliphatic heterocycles. The number of nitrogens with zero attached hydrogens (tertiary/aromatic N) is 1. The Bertz CT molecular complexity index is 549. The molecular weight excluding hydrogens is 256 g/mol. The van der Waals surface area contributed by atoms with Crippen molar-refractivity contribution < 1.29 is 4.74 Å². The van der Waals surface area contributed by atoms with Crippen LogP contribution in [0.25, 0.3) is 11.3 Å². The van der Waals surface area contributed by atoms with Crippen LogP contribution in [0.15, 0.2) is 23.6 Å². The van der Waals surface area contributed by atoms with Crippen molar-refractivity contribution in [1.82, 2.24) is 4.98 Å². The highest BCUT2D eigenvalue weighted by Gasteiger charge is 2.12. The molecule has 0 radical (unpaired) electrons. The van der Waals surface area contributed by atoms with Gasteiger partial charge in [0.25, 0.3) is 0 Å². The van der Waals surface area contributed by atoms with Gasteiger partial charge in [-0.1, -0.05) is 19.9 Å². The Morgan fingerprint density at radius 2 is 2.16 bits per heavy atom. The van der Waals surface area contributed by atoms with Crippen molar-refractivity contribution >= 4 is 11.3 Å². The van der Waals surface area contributed by atoms with Gasteiger partial charge in [-0.25, -0.2) is 4.98 Å². The second-order valence-corrected chi connectivity index (χ2v) is 5.62. The van der Waals surface area contributed by atoms with Crippen LogP contribution in [0.2, 0.25) is 0 Å². The number of aromatic nitrogens is 1. The first-order valence-electron chi connectivity index (χ1n) is 6.57. The van der Waals surface area contributed by atoms with Crippen molar-refractivity contribution in [3.05, 3.63) is 34.2 Å². The van der Waals surface area contributed by atoms with E-state index in [0.717, 1.165) is 22.0 Å². The largest absolute Gasteiger partial charge is 0.493 e. The van der Waals surface area contributed by atoms with Crippen LogP contribution in [0.5, 0.6) is 5.75 Å². The van der Waals surface area contributed by atoms with Crippen LogP contribution < -0.4 is 10.5 Å². The van der Waals surface area contributed by atoms with E-state index in [-0.39, 0.29) is 0 Å². The molecule has 2 rings (SSSR count). The fraction of sp³-hybridized carbons (Fsp3) is 0.400. The quantitative estimate of drug-likeness (QED) is 0.903. The van der Waals surface area contributed by atoms with Crippen LogP contribution in [0.1, 0.15) is 37.3 Å². The van der Waals surface area contributed by atoms with Crippen LogP contribution >= 0.6 is 11.3 Å². The van der Waals surface area contributed by atoms with Gasteiger partial charge in [0, 0.05) is 17.5 Å². The lowest BCUT2D eigenvalue weighted by atomic mass is 9.99. The molecule has 0 bridgehead atoms. The molecule has 0 aliphatic carbocycles. The highest BCUT2D eigenvalue weighted by atomic mass is 32.1. The Kier molecular flexibility index (Phi) is 4.56. The summed E-state index contributed by atoms with van der Waals surface area (Å²) in [6.07, 6.45) is 0. The summed E-state index contributed by atoms with van der Waals surface area (Å²) >= 11 is 1.59. The fourth-order valence-corrected chi connectivity index (χ4v) is 2.59. The number of hydrogen-bond acceptors (Lipinski definition) is 4. The third-order valence-electron chi connectivity index (χ3n) is 2.97. The summed E-state index contributed by atoms with van der Waals surface area (Å²) < 4.78 is 5.70. The molecule has 1 aromatic heterocycles. The molecule has 1 aromatic carbocycles. The number of ether oxygens (including phenoxy) is 1. The first-order valence-corrected chi connectivity index (χ1v) is 7.45. The maximum atomic E-state index is 5.70. The zero-order valence-electron chi connectivity index (χ0n) is 11.6. The molecule has 0 saturated carbocycles. The standard InChI is InChI=1S/C15H20N2OS/c1-4-18-14-6-5-11(10(2)3)7-12(14)13-9-19-15(8-16)17-13/h5-7,9-10H,4,8,16H2,1-3H3. The average molecular weight is 276 g/mol. The molecule has 1 heterocycles. The minimum absolute atomic E-state index is 0.485. The van der Waals surface area contributed by atoms with Crippen molar-refractivity contribution in [2.24, 2.45) is 5.73 Å². The van der Waals surface area contributed by atoms with Gasteiger partial charge in [-0.3, -0.25) is 0 Å². The Balaban J connectivity index is 2.47. The van der Waals surface area contributed by atoms with E-state index in [4.69, 9.17) is 10.5 Å². The molecule has 0 unspecified atom stereocenters. The molecule has 0 aliphatic rings. The zero-order valence-corrected chi connectivity index (χ0v) is 12.5. The SMILES string of the molecule is CCOc1ccc(C(C)C)cc1-c1csc(CN)n1. The summed E-state index contributed by atoms with van der Waals surface area (Å²) in [6.45, 7) is 7.50. The second-order valence-electron chi connectivity index (χ2n) is 4.67. The highest BCUT2D eigenvalue weighted by Crippen LogP contribution is 2.33. The van der Waals surface area contributed by atoms with E-state index in [1.807, 2.05) is 18.4 Å². The third kappa shape index (κ3) is 3.14. The molecule has 0 amide bonds. The zero-order chi connectivity index (χ0) is 13.8. The normalized spacial score (nSPS) is 11.0. The monoisotopic (exact) mass is 276 g/mol. The van der Waals surface area contributed by atoms with Crippen molar-refractivity contribution in [2.75, 3.05) is 6.61 Å². The fourth-order valence-electron chi connectivity index (χ4n) is 1.92. The summed E-state index contributed by atoms with van der Waals surface area (Å²) in [5.41, 5.74) is 8.94. The Labute approximate surface area is 118 Å². The lowest BCUT2D eigenvalue weighted by Gasteiger charge is -2.12. The lowest BCUT2D eigenvalue weighted by Crippen LogP contribution is -1.98. The van der Waals surface area contributed by atoms with Gasteiger partial charge < -0.3 is 10.5 Å². The summed E-state index contributed by atoms with van der Waals surface area (Å²) in [5, 5.41) is 3.00. The van der Waals surface area contributed by atoms with Crippen molar-refractivity contribution in [2.45, 2.75) is 33.2 Å². The van der Waals surface area contributed by atoms with Gasteiger partial charge >= 0.3 is 0 Å². The van der Waals surface area contributed by atoms with Gasteiger partial charge in [-0.05, 0) is 30.5 Å². The van der Waals surface area contributed by atoms with Crippen LogP contribution in [0, 0.1) is 0 Å². The lowest BCUT2D eigenvalue weighted by molar-refractivity contribution is 0.341. The maximum Gasteiger partial charge on any atom is 0.128 e. The smallest absolute Gasteiger partial charge is 0.128 e. The third-order valence-corrected chi connectivity index (χ3v) is 3.84. The van der Waals surface area contributed by atoms with E-state index >= 15 is 0 Å². The number of rotatable bonds is 5. The molecule has 0 atom stereocenters. The second kappa shape index (κ2) is 6.17. The van der Waals surface area contributed by atoms with Crippen molar-refractivity contribution in [1.29, 1.82) is 0 Å². The van der Waals surface area contributed by atoms with Gasteiger partial charge in [0.2, 0.25) is 0 Å². The van der Waals surface area contributed by atoms with E-state index in [2.05, 4.69) is 31.0 Å². The number of nitrogens with two attached hydrogens (primary N) is 1. The van der Waals surface area contributed by atoms with E-state index in [1.165, 1.54) is 5.56 Å². The highest BCUT2D eigenvalue weighted by molar-refractivity contribution is 7.09. The minimum atomic E-state index is 0.485. The van der Waals surface area contributed by atoms with Crippen LogP contribution in [-0.4, -0.2) is 11.6 Å².